The zero-order valence-electron chi connectivity index (χ0n) is 22.9. The molecule has 3 amide bonds. The summed E-state index contributed by atoms with van der Waals surface area (Å²) in [6.07, 6.45) is -0.418. The highest BCUT2D eigenvalue weighted by Gasteiger charge is 2.66. The Labute approximate surface area is 243 Å². The fraction of sp³-hybridized carbons (Fsp3) is 0.357. The van der Waals surface area contributed by atoms with Crippen LogP contribution < -0.4 is 21.3 Å². The van der Waals surface area contributed by atoms with Crippen LogP contribution in [-0.2, 0) is 25.6 Å². The van der Waals surface area contributed by atoms with Crippen LogP contribution in [0, 0.1) is 33.8 Å². The Kier molecular flexibility index (Phi) is 7.00. The number of rotatable bonds is 5. The number of nitrogens with two attached hydrogens (primary N) is 1. The molecular weight excluding hydrogens is 566 g/mol. The minimum atomic E-state index is -2.78. The van der Waals surface area contributed by atoms with Gasteiger partial charge in [0.05, 0.1) is 22.1 Å². The molecule has 0 saturated heterocycles. The maximum absolute atomic E-state index is 13.9. The van der Waals surface area contributed by atoms with Gasteiger partial charge in [-0.05, 0) is 42.5 Å². The Bertz CT molecular complexity index is 1640. The van der Waals surface area contributed by atoms with Gasteiger partial charge in [0.1, 0.15) is 5.75 Å². The van der Waals surface area contributed by atoms with Crippen LogP contribution in [0.4, 0.5) is 27.5 Å². The van der Waals surface area contributed by atoms with Crippen molar-refractivity contribution in [3.63, 3.8) is 0 Å². The first-order valence-electron chi connectivity index (χ1n) is 13.2. The third-order valence-corrected chi connectivity index (χ3v) is 8.44. The van der Waals surface area contributed by atoms with Crippen molar-refractivity contribution < 1.29 is 43.9 Å². The number of anilines is 3. The van der Waals surface area contributed by atoms with Crippen molar-refractivity contribution in [1.82, 2.24) is 0 Å². The second kappa shape index (κ2) is 10.3. The Morgan fingerprint density at radius 1 is 1.07 bits per heavy atom. The van der Waals surface area contributed by atoms with Gasteiger partial charge in [-0.2, -0.15) is 0 Å². The van der Waals surface area contributed by atoms with Gasteiger partial charge in [0.15, 0.2) is 34.7 Å². The van der Waals surface area contributed by atoms with E-state index in [9.17, 15) is 49.1 Å². The number of nitro benzene ring substituents is 1. The summed E-state index contributed by atoms with van der Waals surface area (Å²) in [5, 5.41) is 38.3. The van der Waals surface area contributed by atoms with E-state index in [1.807, 2.05) is 0 Å². The van der Waals surface area contributed by atoms with E-state index in [1.54, 1.807) is 19.0 Å². The van der Waals surface area contributed by atoms with Gasteiger partial charge in [-0.1, -0.05) is 0 Å². The van der Waals surface area contributed by atoms with Gasteiger partial charge >= 0.3 is 6.03 Å². The summed E-state index contributed by atoms with van der Waals surface area (Å²) in [5.41, 5.74) is 2.78. The van der Waals surface area contributed by atoms with E-state index in [2.05, 4.69) is 10.6 Å². The molecule has 0 spiro atoms. The smallest absolute Gasteiger partial charge is 0.323 e. The summed E-state index contributed by atoms with van der Waals surface area (Å²) in [6.45, 7) is 0. The van der Waals surface area contributed by atoms with E-state index >= 15 is 0 Å². The van der Waals surface area contributed by atoms with Crippen LogP contribution in [0.2, 0.25) is 0 Å². The molecule has 0 heterocycles. The van der Waals surface area contributed by atoms with Gasteiger partial charge in [-0.15, -0.1) is 0 Å². The van der Waals surface area contributed by atoms with Crippen LogP contribution in [0.5, 0.6) is 5.75 Å². The van der Waals surface area contributed by atoms with Crippen LogP contribution in [0.3, 0.4) is 0 Å². The van der Waals surface area contributed by atoms with Crippen molar-refractivity contribution in [2.45, 2.75) is 24.9 Å². The number of aromatic hydroxyl groups is 1. The Morgan fingerprint density at radius 3 is 2.30 bits per heavy atom. The lowest BCUT2D eigenvalue weighted by Gasteiger charge is -2.48. The molecule has 2 aromatic rings. The van der Waals surface area contributed by atoms with E-state index < -0.39 is 81.4 Å². The van der Waals surface area contributed by atoms with Gasteiger partial charge in [-0.25, -0.2) is 4.79 Å². The number of aliphatic hydroxyl groups is 1. The molecule has 15 heteroatoms. The lowest BCUT2D eigenvalue weighted by molar-refractivity contribution is -0.384. The highest BCUT2D eigenvalue weighted by atomic mass is 16.6. The lowest BCUT2D eigenvalue weighted by atomic mass is 9.53. The maximum Gasteiger partial charge on any atom is 0.323 e. The second-order valence-corrected chi connectivity index (χ2v) is 11.2. The minimum Gasteiger partial charge on any atom is -0.505 e. The molecule has 15 nitrogen and oxygen atoms in total. The summed E-state index contributed by atoms with van der Waals surface area (Å²) >= 11 is 0. The van der Waals surface area contributed by atoms with Gasteiger partial charge in [0.2, 0.25) is 5.91 Å². The Balaban J connectivity index is 1.50. The first-order chi connectivity index (χ1) is 20.2. The Morgan fingerprint density at radius 2 is 1.72 bits per heavy atom. The van der Waals surface area contributed by atoms with Crippen LogP contribution in [0.25, 0.3) is 0 Å². The molecule has 6 N–H and O–H groups in total. The molecule has 0 aliphatic heterocycles. The highest BCUT2D eigenvalue weighted by Crippen LogP contribution is 2.52. The topological polar surface area (TPSA) is 239 Å². The normalized spacial score (nSPS) is 26.1. The molecule has 2 saturated carbocycles. The fourth-order valence-corrected chi connectivity index (χ4v) is 6.46. The molecular formula is C28H27N5O10. The lowest BCUT2D eigenvalue weighted by Crippen LogP contribution is -2.68. The second-order valence-electron chi connectivity index (χ2n) is 11.2. The Hall–Kier alpha value is -5.18. The predicted octanol–water partition coefficient (Wildman–Crippen LogP) is 0.945. The third kappa shape index (κ3) is 4.57. The molecule has 0 bridgehead atoms. The summed E-state index contributed by atoms with van der Waals surface area (Å²) < 4.78 is 0. The quantitative estimate of drug-likeness (QED) is 0.141. The van der Waals surface area contributed by atoms with Crippen molar-refractivity contribution in [3.8, 4) is 5.75 Å². The molecule has 3 aliphatic carbocycles. The molecule has 2 unspecified atom stereocenters. The monoisotopic (exact) mass is 593 g/mol. The molecule has 2 fully saturated rings. The first-order valence-corrected chi connectivity index (χ1v) is 13.2. The molecule has 0 radical (unpaired) electrons. The summed E-state index contributed by atoms with van der Waals surface area (Å²) in [5.74, 6) is -11.6. The number of Topliss-reactive ketones (excluding diaryl/α,β-unsaturated/α-hetero) is 4. The average Bonchev–Trinajstić information content (AvgIpc) is 2.92. The fourth-order valence-electron chi connectivity index (χ4n) is 6.46. The van der Waals surface area contributed by atoms with Crippen LogP contribution in [-0.4, -0.2) is 69.9 Å². The molecule has 2 aromatic carbocycles. The molecule has 5 atom stereocenters. The number of benzene rings is 2. The number of non-ortho nitro benzene ring substituents is 1. The number of hydrogen-bond acceptors (Lipinski definition) is 11. The maximum atomic E-state index is 13.9. The number of primary amides is 1. The van der Waals surface area contributed by atoms with Crippen LogP contribution in [0.15, 0.2) is 30.3 Å². The number of ketones is 4. The summed E-state index contributed by atoms with van der Waals surface area (Å²) in [7, 11) is 3.33. The molecule has 5 rings (SSSR count). The van der Waals surface area contributed by atoms with E-state index in [4.69, 9.17) is 5.73 Å². The van der Waals surface area contributed by atoms with Crippen molar-refractivity contribution in [1.29, 1.82) is 0 Å². The first kappa shape index (κ1) is 29.3. The van der Waals surface area contributed by atoms with Gasteiger partial charge in [0, 0.05) is 49.9 Å². The van der Waals surface area contributed by atoms with Crippen molar-refractivity contribution in [2.24, 2.45) is 29.4 Å². The van der Waals surface area contributed by atoms with E-state index in [0.29, 0.717) is 11.3 Å². The van der Waals surface area contributed by atoms with Crippen LogP contribution in [0.1, 0.15) is 28.8 Å². The van der Waals surface area contributed by atoms with E-state index in [1.165, 1.54) is 30.3 Å². The van der Waals surface area contributed by atoms with Crippen molar-refractivity contribution >= 4 is 57.8 Å². The zero-order chi connectivity index (χ0) is 31.5. The molecule has 3 aliphatic rings. The largest absolute Gasteiger partial charge is 0.505 e. The SMILES string of the molecule is CN(C)c1cc(NC(=O)Nc2ccc([N+](=O)[O-])cc2)c(O)c2c1C[C@H]1C[C@H]3CC(=O)C(C(N)=O)C(=O)[C@@]3(O)C(=O)C1C2=O. The molecule has 224 valence electrons. The number of fused-ring (bicyclic) bond motifs is 3. The number of phenolic OH excluding ortho intramolecular Hbond substituents is 1. The minimum absolute atomic E-state index is 0.0493. The number of nitro groups is 1. The van der Waals surface area contributed by atoms with Crippen molar-refractivity contribution in [3.05, 3.63) is 51.6 Å². The number of nitrogens with one attached hydrogen (secondary N) is 2. The van der Waals surface area contributed by atoms with Crippen molar-refractivity contribution in [2.75, 3.05) is 29.6 Å². The molecule has 43 heavy (non-hydrogen) atoms. The zero-order valence-corrected chi connectivity index (χ0v) is 22.9. The molecule has 0 aromatic heterocycles. The third-order valence-electron chi connectivity index (χ3n) is 8.44. The van der Waals surface area contributed by atoms with Gasteiger partial charge in [-0.3, -0.25) is 34.1 Å². The number of urea groups is 1. The number of phenols is 1. The number of hydrogen-bond donors (Lipinski definition) is 5. The summed E-state index contributed by atoms with van der Waals surface area (Å²) in [4.78, 5) is 89.8. The standard InChI is InChI=1S/C28H27N5O10/c1-32(2)17-10-16(31-27(40)30-13-3-5-14(6-4-13)33(42)43)22(35)20-15(17)8-11-7-12-9-18(34)21(26(29)39)25(38)28(12,41)24(37)19(11)23(20)36/h3-6,10-12,19,21,35,41H,7-9H2,1-2H3,(H2,29,39)(H2,30,31,40)/t11-,12+,19?,21?,28+/m1/s1. The van der Waals surface area contributed by atoms with Crippen LogP contribution >= 0.6 is 0 Å². The number of carbonyl (C=O) groups is 6. The van der Waals surface area contributed by atoms with E-state index in [0.717, 1.165) is 0 Å². The number of nitrogens with zero attached hydrogens (tertiary/aromatic N) is 2. The number of amides is 3. The van der Waals surface area contributed by atoms with Gasteiger partial charge < -0.3 is 31.5 Å². The summed E-state index contributed by atoms with van der Waals surface area (Å²) in [6, 6.07) is 5.55. The predicted molar refractivity (Wildman–Crippen MR) is 149 cm³/mol. The van der Waals surface area contributed by atoms with Gasteiger partial charge in [0.25, 0.3) is 5.69 Å². The average molecular weight is 594 g/mol. The highest BCUT2D eigenvalue weighted by molar-refractivity contribution is 6.31. The number of carbonyl (C=O) groups excluding carboxylic acids is 6. The van der Waals surface area contributed by atoms with E-state index in [-0.39, 0.29) is 35.5 Å².